The molecule has 1 aromatic heterocycles. The van der Waals surface area contributed by atoms with Gasteiger partial charge >= 0.3 is 0 Å². The van der Waals surface area contributed by atoms with Gasteiger partial charge in [-0.05, 0) is 24.3 Å². The Bertz CT molecular complexity index is 276. The van der Waals surface area contributed by atoms with Gasteiger partial charge in [0.25, 0.3) is 0 Å². The number of hydrogen-bond donors (Lipinski definition) is 0. The van der Waals surface area contributed by atoms with Gasteiger partial charge in [0.05, 0.1) is 5.52 Å². The lowest BCUT2D eigenvalue weighted by molar-refractivity contribution is 1.41. The summed E-state index contributed by atoms with van der Waals surface area (Å²) in [4.78, 5) is 4.16. The van der Waals surface area contributed by atoms with E-state index in [1.54, 1.807) is 6.20 Å². The third-order valence-corrected chi connectivity index (χ3v) is 1.45. The molecule has 0 aliphatic rings. The molecule has 0 unspecified atom stereocenters. The zero-order chi connectivity index (χ0) is 6.81. The van der Waals surface area contributed by atoms with Gasteiger partial charge in [-0.3, -0.25) is 4.98 Å². The molecule has 0 bridgehead atoms. The lowest BCUT2D eigenvalue weighted by atomic mass is 10.2. The summed E-state index contributed by atoms with van der Waals surface area (Å²) >= 11 is 0. The van der Waals surface area contributed by atoms with Crippen LogP contribution in [0, 0.1) is 6.07 Å². The van der Waals surface area contributed by atoms with Gasteiger partial charge in [0.2, 0.25) is 0 Å². The third-order valence-electron chi connectivity index (χ3n) is 1.45. The number of pyridine rings is 1. The van der Waals surface area contributed by atoms with Crippen LogP contribution >= 0.6 is 0 Å². The molecule has 0 saturated heterocycles. The Hall–Kier alpha value is -1.37. The number of benzene rings is 1. The van der Waals surface area contributed by atoms with E-state index in [4.69, 9.17) is 0 Å². The van der Waals surface area contributed by atoms with Gasteiger partial charge in [-0.15, -0.1) is 0 Å². The van der Waals surface area contributed by atoms with E-state index in [9.17, 15) is 0 Å². The average molecular weight is 128 g/mol. The summed E-state index contributed by atoms with van der Waals surface area (Å²) in [6.07, 6.45) is 1.79. The van der Waals surface area contributed by atoms with Crippen LogP contribution in [0.2, 0.25) is 0 Å². The molecule has 0 aliphatic carbocycles. The van der Waals surface area contributed by atoms with Gasteiger partial charge in [0.15, 0.2) is 0 Å². The van der Waals surface area contributed by atoms with Gasteiger partial charge in [-0.2, -0.15) is 0 Å². The number of hydrogen-bond acceptors (Lipinski definition) is 1. The normalized spacial score (nSPS) is 10.0. The smallest absolute Gasteiger partial charge is 0.0702 e. The average Bonchev–Trinajstić information content (AvgIpc) is 2.05. The van der Waals surface area contributed by atoms with Crippen LogP contribution < -0.4 is 0 Å². The molecule has 1 heterocycles. The Morgan fingerprint density at radius 1 is 1.30 bits per heavy atom. The van der Waals surface area contributed by atoms with Crippen molar-refractivity contribution in [2.45, 2.75) is 0 Å². The topological polar surface area (TPSA) is 12.9 Å². The Balaban J connectivity index is 2.89. The first-order valence-corrected chi connectivity index (χ1v) is 3.18. The van der Waals surface area contributed by atoms with Crippen molar-refractivity contribution in [3.63, 3.8) is 0 Å². The third kappa shape index (κ3) is 0.760. The van der Waals surface area contributed by atoms with E-state index in [0.29, 0.717) is 0 Å². The molecule has 0 amide bonds. The molecule has 0 spiro atoms. The SMILES string of the molecule is [c]1ccc2ncccc2c1. The number of rotatable bonds is 0. The maximum atomic E-state index is 4.16. The zero-order valence-electron chi connectivity index (χ0n) is 5.41. The first-order chi connectivity index (χ1) is 4.97. The summed E-state index contributed by atoms with van der Waals surface area (Å²) in [5.74, 6) is 0. The lowest BCUT2D eigenvalue weighted by Gasteiger charge is -1.91. The van der Waals surface area contributed by atoms with Crippen molar-refractivity contribution in [2.24, 2.45) is 0 Å². The fourth-order valence-corrected chi connectivity index (χ4v) is 0.956. The Morgan fingerprint density at radius 3 is 3.20 bits per heavy atom. The van der Waals surface area contributed by atoms with E-state index in [1.807, 2.05) is 30.3 Å². The monoisotopic (exact) mass is 128 g/mol. The molecular formula is C9H6N. The van der Waals surface area contributed by atoms with Crippen molar-refractivity contribution >= 4 is 10.9 Å². The predicted molar refractivity (Wildman–Crippen MR) is 40.6 cm³/mol. The van der Waals surface area contributed by atoms with Crippen molar-refractivity contribution in [1.82, 2.24) is 4.98 Å². The first kappa shape index (κ1) is 5.42. The minimum Gasteiger partial charge on any atom is -0.256 e. The minimum absolute atomic E-state index is 1.03. The summed E-state index contributed by atoms with van der Waals surface area (Å²) in [5.41, 5.74) is 1.03. The van der Waals surface area contributed by atoms with Crippen molar-refractivity contribution < 1.29 is 0 Å². The summed E-state index contributed by atoms with van der Waals surface area (Å²) in [5, 5.41) is 1.14. The Kier molecular flexibility index (Phi) is 1.14. The Labute approximate surface area is 59.3 Å². The molecule has 0 saturated carbocycles. The van der Waals surface area contributed by atoms with Crippen LogP contribution in [0.1, 0.15) is 0 Å². The summed E-state index contributed by atoms with van der Waals surface area (Å²) in [7, 11) is 0. The van der Waals surface area contributed by atoms with Crippen molar-refractivity contribution in [3.8, 4) is 0 Å². The fourth-order valence-electron chi connectivity index (χ4n) is 0.956. The molecule has 0 atom stereocenters. The lowest BCUT2D eigenvalue weighted by Crippen LogP contribution is -1.73. The van der Waals surface area contributed by atoms with Crippen LogP contribution in [-0.2, 0) is 0 Å². The highest BCUT2D eigenvalue weighted by molar-refractivity contribution is 5.77. The largest absolute Gasteiger partial charge is 0.256 e. The van der Waals surface area contributed by atoms with Gasteiger partial charge < -0.3 is 0 Å². The molecule has 0 fully saturated rings. The number of aromatic nitrogens is 1. The standard InChI is InChI=1S/C9H6N/c1-2-6-9-8(4-1)5-3-7-10-9/h2-7H. The summed E-state index contributed by atoms with van der Waals surface area (Å²) in [6.45, 7) is 0. The van der Waals surface area contributed by atoms with Gasteiger partial charge in [0, 0.05) is 11.6 Å². The van der Waals surface area contributed by atoms with Gasteiger partial charge in [-0.25, -0.2) is 0 Å². The second kappa shape index (κ2) is 2.10. The quantitative estimate of drug-likeness (QED) is 0.529. The van der Waals surface area contributed by atoms with Crippen molar-refractivity contribution in [3.05, 3.63) is 42.6 Å². The molecular weight excluding hydrogens is 122 g/mol. The van der Waals surface area contributed by atoms with Crippen LogP contribution in [0.3, 0.4) is 0 Å². The van der Waals surface area contributed by atoms with Crippen LogP contribution in [0.4, 0.5) is 0 Å². The highest BCUT2D eigenvalue weighted by atomic mass is 14.6. The number of fused-ring (bicyclic) bond motifs is 1. The van der Waals surface area contributed by atoms with E-state index in [1.165, 1.54) is 0 Å². The maximum absolute atomic E-state index is 4.16. The second-order valence-corrected chi connectivity index (χ2v) is 2.12. The van der Waals surface area contributed by atoms with Crippen molar-refractivity contribution in [1.29, 1.82) is 0 Å². The van der Waals surface area contributed by atoms with E-state index < -0.39 is 0 Å². The van der Waals surface area contributed by atoms with Gasteiger partial charge in [-0.1, -0.05) is 12.1 Å². The predicted octanol–water partition coefficient (Wildman–Crippen LogP) is 2.03. The zero-order valence-corrected chi connectivity index (χ0v) is 5.41. The molecule has 1 aromatic carbocycles. The van der Waals surface area contributed by atoms with Crippen LogP contribution in [0.15, 0.2) is 36.5 Å². The minimum atomic E-state index is 1.03. The maximum Gasteiger partial charge on any atom is 0.0702 e. The summed E-state index contributed by atoms with van der Waals surface area (Å²) in [6, 6.07) is 12.7. The first-order valence-electron chi connectivity index (χ1n) is 3.18. The molecule has 1 nitrogen and oxygen atoms in total. The van der Waals surface area contributed by atoms with E-state index in [-0.39, 0.29) is 0 Å². The molecule has 0 N–H and O–H groups in total. The van der Waals surface area contributed by atoms with Crippen molar-refractivity contribution in [2.75, 3.05) is 0 Å². The molecule has 1 radical (unpaired) electrons. The molecule has 0 aliphatic heterocycles. The molecule has 47 valence electrons. The van der Waals surface area contributed by atoms with Crippen LogP contribution in [-0.4, -0.2) is 4.98 Å². The van der Waals surface area contributed by atoms with Crippen LogP contribution in [0.25, 0.3) is 10.9 Å². The van der Waals surface area contributed by atoms with E-state index >= 15 is 0 Å². The summed E-state index contributed by atoms with van der Waals surface area (Å²) < 4.78 is 0. The molecule has 2 aromatic rings. The van der Waals surface area contributed by atoms with E-state index in [0.717, 1.165) is 10.9 Å². The molecule has 10 heavy (non-hydrogen) atoms. The number of nitrogens with zero attached hydrogens (tertiary/aromatic N) is 1. The van der Waals surface area contributed by atoms with Crippen LogP contribution in [0.5, 0.6) is 0 Å². The molecule has 1 heteroatoms. The second-order valence-electron chi connectivity index (χ2n) is 2.12. The molecule has 2 rings (SSSR count). The highest BCUT2D eigenvalue weighted by Gasteiger charge is 1.86. The fraction of sp³-hybridized carbons (Fsp3) is 0. The Morgan fingerprint density at radius 2 is 2.30 bits per heavy atom. The van der Waals surface area contributed by atoms with Gasteiger partial charge in [0.1, 0.15) is 0 Å². The highest BCUT2D eigenvalue weighted by Crippen LogP contribution is 2.07. The van der Waals surface area contributed by atoms with E-state index in [2.05, 4.69) is 11.1 Å².